The van der Waals surface area contributed by atoms with Crippen LogP contribution in [0.5, 0.6) is 0 Å². The zero-order chi connectivity index (χ0) is 11.5. The fraction of sp³-hybridized carbons (Fsp3) is 0.182. The quantitative estimate of drug-likeness (QED) is 0.839. The number of hydrogen-bond donors (Lipinski definition) is 2. The van der Waals surface area contributed by atoms with Crippen molar-refractivity contribution in [3.8, 4) is 0 Å². The molecule has 1 aromatic heterocycles. The summed E-state index contributed by atoms with van der Waals surface area (Å²) in [6.45, 7) is 1.84. The van der Waals surface area contributed by atoms with Gasteiger partial charge in [0, 0.05) is 12.4 Å². The molecule has 0 saturated heterocycles. The molecule has 2 aromatic rings. The molecule has 0 unspecified atom stereocenters. The maximum absolute atomic E-state index is 13.6. The average molecular weight is 223 g/mol. The first-order chi connectivity index (χ1) is 7.68. The fourth-order valence-electron chi connectivity index (χ4n) is 1.39. The van der Waals surface area contributed by atoms with Crippen LogP contribution in [0, 0.1) is 18.6 Å². The van der Waals surface area contributed by atoms with E-state index in [9.17, 15) is 8.78 Å². The van der Waals surface area contributed by atoms with Gasteiger partial charge in [-0.2, -0.15) is 0 Å². The zero-order valence-electron chi connectivity index (χ0n) is 8.72. The molecule has 1 aromatic carbocycles. The summed E-state index contributed by atoms with van der Waals surface area (Å²) in [6, 6.07) is 2.64. The molecule has 0 bridgehead atoms. The Labute approximate surface area is 91.5 Å². The van der Waals surface area contributed by atoms with Crippen LogP contribution in [0.15, 0.2) is 24.5 Å². The van der Waals surface area contributed by atoms with Crippen LogP contribution in [0.4, 0.5) is 14.5 Å². The molecule has 0 aliphatic rings. The van der Waals surface area contributed by atoms with Crippen LogP contribution in [0.1, 0.15) is 11.4 Å². The SMILES string of the molecule is Cc1ccc(F)c(NCc2ncc[nH]2)c1F. The van der Waals surface area contributed by atoms with Crippen molar-refractivity contribution in [2.45, 2.75) is 13.5 Å². The molecule has 1 heterocycles. The molecule has 0 atom stereocenters. The Bertz CT molecular complexity index is 480. The number of aromatic nitrogens is 2. The second kappa shape index (κ2) is 4.30. The Morgan fingerprint density at radius 2 is 2.19 bits per heavy atom. The summed E-state index contributed by atoms with van der Waals surface area (Å²) in [5.41, 5.74) is 0.291. The minimum atomic E-state index is -0.602. The fourth-order valence-corrected chi connectivity index (χ4v) is 1.39. The molecule has 0 fully saturated rings. The second-order valence-corrected chi connectivity index (χ2v) is 3.44. The lowest BCUT2D eigenvalue weighted by Crippen LogP contribution is -2.06. The van der Waals surface area contributed by atoms with Crippen molar-refractivity contribution >= 4 is 5.69 Å². The van der Waals surface area contributed by atoms with Gasteiger partial charge in [0.15, 0.2) is 5.82 Å². The molecule has 0 aliphatic heterocycles. The van der Waals surface area contributed by atoms with Crippen LogP contribution in [0.3, 0.4) is 0 Å². The molecule has 3 nitrogen and oxygen atoms in total. The smallest absolute Gasteiger partial charge is 0.152 e. The number of aromatic amines is 1. The molecule has 0 amide bonds. The minimum Gasteiger partial charge on any atom is -0.373 e. The number of halogens is 2. The number of benzene rings is 1. The lowest BCUT2D eigenvalue weighted by Gasteiger charge is -2.08. The van der Waals surface area contributed by atoms with Gasteiger partial charge in [-0.3, -0.25) is 0 Å². The van der Waals surface area contributed by atoms with E-state index in [-0.39, 0.29) is 12.2 Å². The summed E-state index contributed by atoms with van der Waals surface area (Å²) in [6.07, 6.45) is 3.24. The minimum absolute atomic E-state index is 0.114. The monoisotopic (exact) mass is 223 g/mol. The molecule has 16 heavy (non-hydrogen) atoms. The summed E-state index contributed by atoms with van der Waals surface area (Å²) >= 11 is 0. The number of nitrogens with zero attached hydrogens (tertiary/aromatic N) is 1. The molecular formula is C11H11F2N3. The van der Waals surface area contributed by atoms with Gasteiger partial charge in [-0.05, 0) is 18.6 Å². The Morgan fingerprint density at radius 3 is 2.88 bits per heavy atom. The van der Waals surface area contributed by atoms with Gasteiger partial charge in [0.1, 0.15) is 17.3 Å². The van der Waals surface area contributed by atoms with Crippen LogP contribution in [-0.4, -0.2) is 9.97 Å². The molecule has 2 N–H and O–H groups in total. The largest absolute Gasteiger partial charge is 0.373 e. The van der Waals surface area contributed by atoms with Crippen molar-refractivity contribution < 1.29 is 8.78 Å². The lowest BCUT2D eigenvalue weighted by molar-refractivity contribution is 0.582. The molecule has 2 rings (SSSR count). The molecular weight excluding hydrogens is 212 g/mol. The highest BCUT2D eigenvalue weighted by Crippen LogP contribution is 2.21. The van der Waals surface area contributed by atoms with Gasteiger partial charge in [0.05, 0.1) is 6.54 Å². The van der Waals surface area contributed by atoms with Gasteiger partial charge in [-0.25, -0.2) is 13.8 Å². The molecule has 5 heteroatoms. The first-order valence-electron chi connectivity index (χ1n) is 4.85. The first kappa shape index (κ1) is 10.6. The molecule has 84 valence electrons. The standard InChI is InChI=1S/C11H11F2N3/c1-7-2-3-8(12)11(10(7)13)16-6-9-14-4-5-15-9/h2-5,16H,6H2,1H3,(H,14,15). The Kier molecular flexibility index (Phi) is 2.85. The van der Waals surface area contributed by atoms with Crippen molar-refractivity contribution in [1.29, 1.82) is 0 Å². The van der Waals surface area contributed by atoms with Crippen molar-refractivity contribution in [3.05, 3.63) is 47.5 Å². The Hall–Kier alpha value is -1.91. The average Bonchev–Trinajstić information content (AvgIpc) is 2.77. The Balaban J connectivity index is 2.18. The van der Waals surface area contributed by atoms with Gasteiger partial charge in [0.2, 0.25) is 0 Å². The van der Waals surface area contributed by atoms with Gasteiger partial charge in [-0.15, -0.1) is 0 Å². The van der Waals surface area contributed by atoms with Crippen molar-refractivity contribution in [2.75, 3.05) is 5.32 Å². The topological polar surface area (TPSA) is 40.7 Å². The van der Waals surface area contributed by atoms with E-state index in [2.05, 4.69) is 15.3 Å². The third-order valence-corrected chi connectivity index (χ3v) is 2.27. The lowest BCUT2D eigenvalue weighted by atomic mass is 10.2. The number of anilines is 1. The van der Waals surface area contributed by atoms with Crippen LogP contribution in [-0.2, 0) is 6.54 Å². The number of nitrogens with one attached hydrogen (secondary N) is 2. The number of hydrogen-bond acceptors (Lipinski definition) is 2. The van der Waals surface area contributed by atoms with E-state index in [1.807, 2.05) is 0 Å². The molecule has 0 radical (unpaired) electrons. The first-order valence-corrected chi connectivity index (χ1v) is 4.85. The maximum atomic E-state index is 13.6. The molecule has 0 aliphatic carbocycles. The summed E-state index contributed by atoms with van der Waals surface area (Å²) in [7, 11) is 0. The highest BCUT2D eigenvalue weighted by atomic mass is 19.1. The maximum Gasteiger partial charge on any atom is 0.152 e. The predicted octanol–water partition coefficient (Wildman–Crippen LogP) is 2.61. The van der Waals surface area contributed by atoms with E-state index in [1.165, 1.54) is 12.1 Å². The van der Waals surface area contributed by atoms with E-state index >= 15 is 0 Å². The van der Waals surface area contributed by atoms with Crippen LogP contribution < -0.4 is 5.32 Å². The summed E-state index contributed by atoms with van der Waals surface area (Å²) in [5.74, 6) is -0.540. The summed E-state index contributed by atoms with van der Waals surface area (Å²) < 4.78 is 26.9. The van der Waals surface area contributed by atoms with Crippen LogP contribution in [0.2, 0.25) is 0 Å². The van der Waals surface area contributed by atoms with E-state index in [1.54, 1.807) is 19.3 Å². The van der Waals surface area contributed by atoms with Gasteiger partial charge >= 0.3 is 0 Å². The Morgan fingerprint density at radius 1 is 1.38 bits per heavy atom. The third kappa shape index (κ3) is 2.03. The summed E-state index contributed by atoms with van der Waals surface area (Å²) in [5, 5.41) is 2.68. The number of imidazole rings is 1. The number of H-pyrrole nitrogens is 1. The molecule has 0 spiro atoms. The number of aryl methyl sites for hydroxylation is 1. The highest BCUT2D eigenvalue weighted by molar-refractivity contribution is 5.48. The van der Waals surface area contributed by atoms with Gasteiger partial charge < -0.3 is 10.3 Å². The van der Waals surface area contributed by atoms with Crippen LogP contribution in [0.25, 0.3) is 0 Å². The normalized spacial score (nSPS) is 10.4. The van der Waals surface area contributed by atoms with E-state index < -0.39 is 11.6 Å². The molecule has 0 saturated carbocycles. The van der Waals surface area contributed by atoms with Crippen molar-refractivity contribution in [1.82, 2.24) is 9.97 Å². The second-order valence-electron chi connectivity index (χ2n) is 3.44. The van der Waals surface area contributed by atoms with E-state index in [0.29, 0.717) is 11.4 Å². The van der Waals surface area contributed by atoms with Crippen molar-refractivity contribution in [3.63, 3.8) is 0 Å². The van der Waals surface area contributed by atoms with Gasteiger partial charge in [-0.1, -0.05) is 6.07 Å². The van der Waals surface area contributed by atoms with Gasteiger partial charge in [0.25, 0.3) is 0 Å². The third-order valence-electron chi connectivity index (χ3n) is 2.27. The van der Waals surface area contributed by atoms with Crippen molar-refractivity contribution in [2.24, 2.45) is 0 Å². The highest BCUT2D eigenvalue weighted by Gasteiger charge is 2.10. The van der Waals surface area contributed by atoms with Crippen LogP contribution >= 0.6 is 0 Å². The zero-order valence-corrected chi connectivity index (χ0v) is 8.72. The predicted molar refractivity (Wildman–Crippen MR) is 57.0 cm³/mol. The number of rotatable bonds is 3. The van der Waals surface area contributed by atoms with E-state index in [0.717, 1.165) is 0 Å². The van der Waals surface area contributed by atoms with E-state index in [4.69, 9.17) is 0 Å². The summed E-state index contributed by atoms with van der Waals surface area (Å²) in [4.78, 5) is 6.79.